The minimum Gasteiger partial charge on any atom is -0.394 e. The minimum absolute atomic E-state index is 0.0136. The van der Waals surface area contributed by atoms with Gasteiger partial charge in [0.1, 0.15) is 0 Å². The molecule has 6 nitrogen and oxygen atoms in total. The van der Waals surface area contributed by atoms with E-state index in [1.54, 1.807) is 0 Å². The lowest BCUT2D eigenvalue weighted by atomic mass is 10.1. The SMILES string of the molecule is CN1CCN(c2ccc(CO)cc2NCC(O)CO)CC1. The smallest absolute Gasteiger partial charge is 0.0942 e. The first kappa shape index (κ1) is 16.0. The van der Waals surface area contributed by atoms with Crippen LogP contribution in [0.4, 0.5) is 11.4 Å². The predicted molar refractivity (Wildman–Crippen MR) is 83.7 cm³/mol. The molecule has 2 rings (SSSR count). The van der Waals surface area contributed by atoms with Crippen LogP contribution < -0.4 is 10.2 Å². The van der Waals surface area contributed by atoms with Gasteiger partial charge in [0.25, 0.3) is 0 Å². The summed E-state index contributed by atoms with van der Waals surface area (Å²) in [6.45, 7) is 3.93. The summed E-state index contributed by atoms with van der Waals surface area (Å²) in [7, 11) is 2.11. The zero-order valence-corrected chi connectivity index (χ0v) is 12.5. The number of hydrogen-bond acceptors (Lipinski definition) is 6. The second-order valence-electron chi connectivity index (χ2n) is 5.52. The number of nitrogens with zero attached hydrogens (tertiary/aromatic N) is 2. The van der Waals surface area contributed by atoms with Crippen LogP contribution in [0.2, 0.25) is 0 Å². The Hall–Kier alpha value is -1.34. The predicted octanol–water partition coefficient (Wildman–Crippen LogP) is -0.304. The molecule has 1 saturated heterocycles. The zero-order valence-electron chi connectivity index (χ0n) is 12.5. The quantitative estimate of drug-likeness (QED) is 0.577. The van der Waals surface area contributed by atoms with Gasteiger partial charge in [-0.3, -0.25) is 0 Å². The molecule has 1 atom stereocenters. The Balaban J connectivity index is 2.14. The summed E-state index contributed by atoms with van der Waals surface area (Å²) in [5.74, 6) is 0. The van der Waals surface area contributed by atoms with Gasteiger partial charge >= 0.3 is 0 Å². The highest BCUT2D eigenvalue weighted by Crippen LogP contribution is 2.28. The largest absolute Gasteiger partial charge is 0.394 e. The van der Waals surface area contributed by atoms with Crippen LogP contribution in [0.15, 0.2) is 18.2 Å². The summed E-state index contributed by atoms with van der Waals surface area (Å²) >= 11 is 0. The van der Waals surface area contributed by atoms with E-state index < -0.39 is 6.10 Å². The molecule has 1 aliphatic rings. The molecule has 1 unspecified atom stereocenters. The number of piperazine rings is 1. The normalized spacial score (nSPS) is 17.8. The molecule has 0 aromatic heterocycles. The number of aliphatic hydroxyl groups is 3. The van der Waals surface area contributed by atoms with Gasteiger partial charge in [0, 0.05) is 32.7 Å². The van der Waals surface area contributed by atoms with Crippen molar-refractivity contribution in [3.63, 3.8) is 0 Å². The molecule has 6 heteroatoms. The fourth-order valence-corrected chi connectivity index (χ4v) is 2.44. The lowest BCUT2D eigenvalue weighted by Gasteiger charge is -2.35. The van der Waals surface area contributed by atoms with E-state index in [0.717, 1.165) is 43.1 Å². The maximum Gasteiger partial charge on any atom is 0.0942 e. The Labute approximate surface area is 125 Å². The van der Waals surface area contributed by atoms with Crippen molar-refractivity contribution < 1.29 is 15.3 Å². The van der Waals surface area contributed by atoms with Gasteiger partial charge in [-0.2, -0.15) is 0 Å². The second-order valence-corrected chi connectivity index (χ2v) is 5.52. The minimum atomic E-state index is -0.789. The van der Waals surface area contributed by atoms with E-state index in [1.165, 1.54) is 0 Å². The lowest BCUT2D eigenvalue weighted by Crippen LogP contribution is -2.44. The van der Waals surface area contributed by atoms with E-state index in [-0.39, 0.29) is 19.8 Å². The van der Waals surface area contributed by atoms with Gasteiger partial charge in [-0.25, -0.2) is 0 Å². The van der Waals surface area contributed by atoms with Crippen LogP contribution in [0.3, 0.4) is 0 Å². The van der Waals surface area contributed by atoms with Crippen LogP contribution in [0.5, 0.6) is 0 Å². The molecule has 0 spiro atoms. The first-order valence-corrected chi connectivity index (χ1v) is 7.34. The van der Waals surface area contributed by atoms with Gasteiger partial charge in [-0.15, -0.1) is 0 Å². The Morgan fingerprint density at radius 3 is 2.52 bits per heavy atom. The summed E-state index contributed by atoms with van der Waals surface area (Å²) in [5, 5.41) is 30.9. The van der Waals surface area contributed by atoms with Gasteiger partial charge in [0.05, 0.1) is 30.7 Å². The third-order valence-corrected chi connectivity index (χ3v) is 3.83. The summed E-state index contributed by atoms with van der Waals surface area (Å²) in [6.07, 6.45) is -0.789. The zero-order chi connectivity index (χ0) is 15.2. The number of benzene rings is 1. The molecule has 1 aliphatic heterocycles. The molecule has 0 bridgehead atoms. The molecule has 0 aliphatic carbocycles. The number of likely N-dealkylation sites (N-methyl/N-ethyl adjacent to an activating group) is 1. The number of anilines is 2. The molecule has 0 saturated carbocycles. The summed E-state index contributed by atoms with van der Waals surface area (Å²) in [4.78, 5) is 4.59. The van der Waals surface area contributed by atoms with Gasteiger partial charge in [0.2, 0.25) is 0 Å². The van der Waals surface area contributed by atoms with Crippen molar-refractivity contribution in [1.82, 2.24) is 4.90 Å². The molecule has 1 aromatic carbocycles. The van der Waals surface area contributed by atoms with Crippen LogP contribution in [0.1, 0.15) is 5.56 Å². The molecule has 0 radical (unpaired) electrons. The van der Waals surface area contributed by atoms with Crippen LogP contribution >= 0.6 is 0 Å². The first-order valence-electron chi connectivity index (χ1n) is 7.34. The third kappa shape index (κ3) is 4.31. The van der Waals surface area contributed by atoms with Gasteiger partial charge in [-0.1, -0.05) is 6.07 Å². The molecule has 1 aromatic rings. The number of aliphatic hydroxyl groups excluding tert-OH is 3. The second kappa shape index (κ2) is 7.61. The fourth-order valence-electron chi connectivity index (χ4n) is 2.44. The van der Waals surface area contributed by atoms with Gasteiger partial charge in [-0.05, 0) is 24.7 Å². The Morgan fingerprint density at radius 2 is 1.90 bits per heavy atom. The molecule has 4 N–H and O–H groups in total. The highest BCUT2D eigenvalue weighted by atomic mass is 16.3. The van der Waals surface area contributed by atoms with E-state index in [2.05, 4.69) is 22.2 Å². The Kier molecular flexibility index (Phi) is 5.81. The first-order chi connectivity index (χ1) is 10.1. The molecule has 21 heavy (non-hydrogen) atoms. The third-order valence-electron chi connectivity index (χ3n) is 3.83. The van der Waals surface area contributed by atoms with Crippen molar-refractivity contribution in [3.8, 4) is 0 Å². The van der Waals surface area contributed by atoms with Crippen molar-refractivity contribution in [1.29, 1.82) is 0 Å². The highest BCUT2D eigenvalue weighted by Gasteiger charge is 2.17. The molecule has 1 fully saturated rings. The molecule has 118 valence electrons. The molecule has 1 heterocycles. The number of hydrogen-bond donors (Lipinski definition) is 4. The lowest BCUT2D eigenvalue weighted by molar-refractivity contribution is 0.105. The number of nitrogens with one attached hydrogen (secondary N) is 1. The van der Waals surface area contributed by atoms with Crippen LogP contribution in [0, 0.1) is 0 Å². The maximum atomic E-state index is 9.50. The van der Waals surface area contributed by atoms with Crippen molar-refractivity contribution in [2.45, 2.75) is 12.7 Å². The number of rotatable bonds is 6. The van der Waals surface area contributed by atoms with Crippen molar-refractivity contribution in [2.24, 2.45) is 0 Å². The van der Waals surface area contributed by atoms with E-state index in [0.29, 0.717) is 0 Å². The highest BCUT2D eigenvalue weighted by molar-refractivity contribution is 5.71. The van der Waals surface area contributed by atoms with Crippen molar-refractivity contribution in [3.05, 3.63) is 23.8 Å². The topological polar surface area (TPSA) is 79.2 Å². The summed E-state index contributed by atoms with van der Waals surface area (Å²) in [6, 6.07) is 5.82. The summed E-state index contributed by atoms with van der Waals surface area (Å²) in [5.41, 5.74) is 2.79. The van der Waals surface area contributed by atoms with Crippen molar-refractivity contribution >= 4 is 11.4 Å². The maximum absolute atomic E-state index is 9.50. The monoisotopic (exact) mass is 295 g/mol. The van der Waals surface area contributed by atoms with E-state index in [9.17, 15) is 10.2 Å². The van der Waals surface area contributed by atoms with Gasteiger partial charge in [0.15, 0.2) is 0 Å². The van der Waals surface area contributed by atoms with Gasteiger partial charge < -0.3 is 30.4 Å². The Morgan fingerprint density at radius 1 is 1.19 bits per heavy atom. The van der Waals surface area contributed by atoms with E-state index in [1.807, 2.05) is 18.2 Å². The Bertz CT molecular complexity index is 448. The fraction of sp³-hybridized carbons (Fsp3) is 0.600. The van der Waals surface area contributed by atoms with E-state index >= 15 is 0 Å². The molecular weight excluding hydrogens is 270 g/mol. The molecule has 0 amide bonds. The van der Waals surface area contributed by atoms with Crippen molar-refractivity contribution in [2.75, 3.05) is 56.6 Å². The van der Waals surface area contributed by atoms with Crippen LogP contribution in [0.25, 0.3) is 0 Å². The van der Waals surface area contributed by atoms with Crippen LogP contribution in [-0.4, -0.2) is 72.7 Å². The summed E-state index contributed by atoms with van der Waals surface area (Å²) < 4.78 is 0. The van der Waals surface area contributed by atoms with Crippen LogP contribution in [-0.2, 0) is 6.61 Å². The average molecular weight is 295 g/mol. The van der Waals surface area contributed by atoms with E-state index in [4.69, 9.17) is 5.11 Å². The average Bonchev–Trinajstić information content (AvgIpc) is 2.53. The standard InChI is InChI=1S/C15H25N3O3/c1-17-4-6-18(7-5-17)15-3-2-12(10-19)8-14(15)16-9-13(21)11-20/h2-3,8,13,16,19-21H,4-7,9-11H2,1H3. The molecular formula is C15H25N3O3.